The third-order valence-corrected chi connectivity index (χ3v) is 13.0. The van der Waals surface area contributed by atoms with Gasteiger partial charge in [-0.2, -0.15) is 10.4 Å². The van der Waals surface area contributed by atoms with E-state index >= 15 is 0 Å². The highest BCUT2D eigenvalue weighted by Gasteiger charge is 2.56. The first-order valence-corrected chi connectivity index (χ1v) is 24.5. The van der Waals surface area contributed by atoms with Gasteiger partial charge < -0.3 is 30.4 Å². The summed E-state index contributed by atoms with van der Waals surface area (Å²) in [5, 5.41) is 14.2. The SMILES string of the molecule is CCCCCCCCCCCCCCCCCCC[C@H](COP(=O)(OC)OC[C@H]1O[C@@H](c2ccc3c(N)ncnn23)[C@@H]2OC(C)(C)O[C@@H]21)OCc1ccc(N=CN=CN)c(C#N)c1. The molecule has 4 N–H and O–H groups in total. The second-order valence-corrected chi connectivity index (χ2v) is 18.7. The number of anilines is 1. The highest BCUT2D eigenvalue weighted by Crippen LogP contribution is 2.51. The van der Waals surface area contributed by atoms with E-state index in [2.05, 4.69) is 33.1 Å². The summed E-state index contributed by atoms with van der Waals surface area (Å²) in [6.07, 6.45) is 23.6. The van der Waals surface area contributed by atoms with Crippen molar-refractivity contribution in [2.45, 2.75) is 179 Å². The van der Waals surface area contributed by atoms with Crippen LogP contribution in [0.3, 0.4) is 0 Å². The second-order valence-electron chi connectivity index (χ2n) is 17.0. The third-order valence-electron chi connectivity index (χ3n) is 11.6. The molecule has 17 heteroatoms. The zero-order valence-corrected chi connectivity index (χ0v) is 38.8. The molecule has 5 rings (SSSR count). The van der Waals surface area contributed by atoms with Crippen LogP contribution in [0.2, 0.25) is 0 Å². The molecule has 0 saturated carbocycles. The fourth-order valence-electron chi connectivity index (χ4n) is 8.26. The van der Waals surface area contributed by atoms with Gasteiger partial charge in [-0.3, -0.25) is 13.6 Å². The molecule has 0 spiro atoms. The van der Waals surface area contributed by atoms with Crippen LogP contribution in [0.15, 0.2) is 46.6 Å². The molecule has 63 heavy (non-hydrogen) atoms. The summed E-state index contributed by atoms with van der Waals surface area (Å²) in [4.78, 5) is 12.1. The lowest BCUT2D eigenvalue weighted by Gasteiger charge is -2.25. The average Bonchev–Trinajstić information content (AvgIpc) is 3.96. The summed E-state index contributed by atoms with van der Waals surface area (Å²) >= 11 is 0. The Morgan fingerprint density at radius 3 is 2.22 bits per heavy atom. The van der Waals surface area contributed by atoms with E-state index in [0.717, 1.165) is 31.2 Å². The number of nitrogens with two attached hydrogens (primary N) is 2. The number of nitriles is 1. The topological polar surface area (TPSA) is 212 Å². The summed E-state index contributed by atoms with van der Waals surface area (Å²) in [5.74, 6) is -0.556. The van der Waals surface area contributed by atoms with Gasteiger partial charge in [-0.05, 0) is 50.1 Å². The number of phosphoric acid groups is 1. The first kappa shape index (κ1) is 50.2. The lowest BCUT2D eigenvalue weighted by molar-refractivity contribution is -0.191. The summed E-state index contributed by atoms with van der Waals surface area (Å²) < 4.78 is 58.3. The molecule has 0 bridgehead atoms. The summed E-state index contributed by atoms with van der Waals surface area (Å²) in [5.41, 5.74) is 14.4. The highest BCUT2D eigenvalue weighted by atomic mass is 31.2. The van der Waals surface area contributed by atoms with Gasteiger partial charge in [0, 0.05) is 7.11 Å². The van der Waals surface area contributed by atoms with Gasteiger partial charge in [0.05, 0.1) is 49.2 Å². The Hall–Kier alpha value is -3.78. The Labute approximate surface area is 374 Å². The Kier molecular flexibility index (Phi) is 20.9. The largest absolute Gasteiger partial charge is 0.474 e. The normalized spacial score (nSPS) is 21.1. The summed E-state index contributed by atoms with van der Waals surface area (Å²) in [7, 11) is -2.80. The standard InChI is InChI=1S/C46H71N8O8P/c1-5-6-7-8-9-10-11-12-13-14-15-16-17-18-19-20-21-22-37(57-29-35-23-24-38(36(27-35)28-47)51-33-50-32-48)30-58-63(55,56-4)59-31-41-43-44(62-46(2,3)61-43)42(60-41)39-25-26-40-45(49)52-34-53-54(39)40/h23-27,32-34,37,41-44H,5-22,29-31H2,1-4H3,(H2,48,50,51)(H2,49,52,53)/t37-,41-,42+,43-,44+,63?/m1/s1. The number of fused-ring (bicyclic) bond motifs is 2. The molecule has 6 atom stereocenters. The van der Waals surface area contributed by atoms with Crippen molar-refractivity contribution in [2.75, 3.05) is 26.1 Å². The van der Waals surface area contributed by atoms with Crippen LogP contribution < -0.4 is 11.5 Å². The number of hydrogen-bond donors (Lipinski definition) is 2. The van der Waals surface area contributed by atoms with Gasteiger partial charge in [-0.25, -0.2) is 24.0 Å². The van der Waals surface area contributed by atoms with Gasteiger partial charge in [0.25, 0.3) is 0 Å². The number of nitrogens with zero attached hydrogens (tertiary/aromatic N) is 6. The van der Waals surface area contributed by atoms with E-state index < -0.39 is 44.1 Å². The van der Waals surface area contributed by atoms with E-state index in [-0.39, 0.29) is 19.8 Å². The van der Waals surface area contributed by atoms with Crippen molar-refractivity contribution in [2.24, 2.45) is 15.7 Å². The molecule has 2 fully saturated rings. The maximum absolute atomic E-state index is 14.0. The van der Waals surface area contributed by atoms with E-state index in [1.807, 2.05) is 32.0 Å². The van der Waals surface area contributed by atoms with Gasteiger partial charge in [0.1, 0.15) is 48.7 Å². The molecule has 3 aromatic rings. The fourth-order valence-corrected chi connectivity index (χ4v) is 9.22. The van der Waals surface area contributed by atoms with E-state index in [9.17, 15) is 9.83 Å². The monoisotopic (exact) mass is 895 g/mol. The third kappa shape index (κ3) is 15.7. The van der Waals surface area contributed by atoms with Crippen LogP contribution in [0.25, 0.3) is 5.52 Å². The van der Waals surface area contributed by atoms with Crippen LogP contribution >= 0.6 is 7.82 Å². The summed E-state index contributed by atoms with van der Waals surface area (Å²) in [6, 6.07) is 11.2. The molecule has 0 amide bonds. The second kappa shape index (κ2) is 26.2. The van der Waals surface area contributed by atoms with Gasteiger partial charge in [-0.1, -0.05) is 122 Å². The first-order chi connectivity index (χ1) is 30.6. The lowest BCUT2D eigenvalue weighted by Crippen LogP contribution is -2.33. The maximum Gasteiger partial charge on any atom is 0.474 e. The maximum atomic E-state index is 14.0. The minimum absolute atomic E-state index is 0.0430. The molecule has 1 aromatic carbocycles. The van der Waals surface area contributed by atoms with E-state index in [0.29, 0.717) is 34.7 Å². The molecule has 2 aliphatic heterocycles. The lowest BCUT2D eigenvalue weighted by atomic mass is 10.0. The first-order valence-electron chi connectivity index (χ1n) is 23.0. The Morgan fingerprint density at radius 2 is 1.59 bits per heavy atom. The van der Waals surface area contributed by atoms with Crippen LogP contribution in [0, 0.1) is 11.3 Å². The van der Waals surface area contributed by atoms with E-state index in [1.165, 1.54) is 110 Å². The Morgan fingerprint density at radius 1 is 0.937 bits per heavy atom. The zero-order chi connectivity index (χ0) is 44.9. The van der Waals surface area contributed by atoms with Crippen molar-refractivity contribution in [1.82, 2.24) is 14.6 Å². The van der Waals surface area contributed by atoms with Crippen LogP contribution in [0.1, 0.15) is 159 Å². The number of ether oxygens (including phenoxy) is 4. The number of rotatable bonds is 31. The Balaban J connectivity index is 1.11. The number of aromatic nitrogens is 3. The van der Waals surface area contributed by atoms with E-state index in [4.69, 9.17) is 44.0 Å². The molecule has 0 radical (unpaired) electrons. The minimum Gasteiger partial charge on any atom is -0.390 e. The quantitative estimate of drug-likeness (QED) is 0.0267. The molecule has 4 heterocycles. The van der Waals surface area contributed by atoms with Crippen molar-refractivity contribution in [1.29, 1.82) is 5.26 Å². The Bertz CT molecular complexity index is 1970. The van der Waals surface area contributed by atoms with Crippen molar-refractivity contribution in [3.05, 3.63) is 53.5 Å². The van der Waals surface area contributed by atoms with Crippen molar-refractivity contribution in [3.63, 3.8) is 0 Å². The molecular formula is C46H71N8O8P. The van der Waals surface area contributed by atoms with Crippen molar-refractivity contribution < 1.29 is 37.1 Å². The van der Waals surface area contributed by atoms with Gasteiger partial charge in [0.2, 0.25) is 0 Å². The molecule has 2 saturated heterocycles. The van der Waals surface area contributed by atoms with Crippen molar-refractivity contribution in [3.8, 4) is 6.07 Å². The predicted molar refractivity (Wildman–Crippen MR) is 245 cm³/mol. The number of benzene rings is 1. The molecule has 348 valence electrons. The molecule has 0 aliphatic carbocycles. The van der Waals surface area contributed by atoms with Gasteiger partial charge in [0.15, 0.2) is 11.6 Å². The predicted octanol–water partition coefficient (Wildman–Crippen LogP) is 10.2. The molecular weight excluding hydrogens is 824 g/mol. The molecule has 2 aromatic heterocycles. The number of unbranched alkanes of at least 4 members (excludes halogenated alkanes) is 16. The molecule has 16 nitrogen and oxygen atoms in total. The molecule has 1 unspecified atom stereocenters. The zero-order valence-electron chi connectivity index (χ0n) is 37.9. The van der Waals surface area contributed by atoms with Gasteiger partial charge >= 0.3 is 7.82 Å². The number of aliphatic imine (C=N–C) groups is 2. The molecule has 2 aliphatic rings. The number of phosphoric ester groups is 1. The number of nitrogen functional groups attached to an aromatic ring is 1. The van der Waals surface area contributed by atoms with Crippen molar-refractivity contribution >= 4 is 37.5 Å². The summed E-state index contributed by atoms with van der Waals surface area (Å²) in [6.45, 7) is 5.94. The average molecular weight is 895 g/mol. The minimum atomic E-state index is -4.08. The van der Waals surface area contributed by atoms with E-state index in [1.54, 1.807) is 16.6 Å². The fraction of sp³-hybridized carbons (Fsp3) is 0.674. The van der Waals surface area contributed by atoms with Crippen LogP contribution in [-0.4, -0.2) is 77.8 Å². The number of hydrogen-bond acceptors (Lipinski definition) is 13. The van der Waals surface area contributed by atoms with Crippen LogP contribution in [0.4, 0.5) is 11.5 Å². The smallest absolute Gasteiger partial charge is 0.390 e. The highest BCUT2D eigenvalue weighted by molar-refractivity contribution is 7.48. The van der Waals surface area contributed by atoms with Crippen LogP contribution in [-0.2, 0) is 43.7 Å². The van der Waals surface area contributed by atoms with Crippen LogP contribution in [0.5, 0.6) is 0 Å². The van der Waals surface area contributed by atoms with Gasteiger partial charge in [-0.15, -0.1) is 0 Å².